The van der Waals surface area contributed by atoms with Crippen molar-refractivity contribution in [2.75, 3.05) is 0 Å². The fraction of sp³-hybridized carbons (Fsp3) is 0.538. The van der Waals surface area contributed by atoms with Crippen LogP contribution < -0.4 is 5.32 Å². The maximum absolute atomic E-state index is 12.1. The van der Waals surface area contributed by atoms with Gasteiger partial charge in [-0.05, 0) is 25.0 Å². The number of hydrogen-bond acceptors (Lipinski definition) is 4. The Balaban J connectivity index is 1.66. The van der Waals surface area contributed by atoms with E-state index in [1.807, 2.05) is 0 Å². The van der Waals surface area contributed by atoms with Crippen LogP contribution in [0.1, 0.15) is 18.6 Å². The Kier molecular flexibility index (Phi) is 3.02. The normalized spacial score (nSPS) is 32.4. The summed E-state index contributed by atoms with van der Waals surface area (Å²) < 4.78 is 10.7. The lowest BCUT2D eigenvalue weighted by Gasteiger charge is -2.23. The number of amides is 1. The first-order valence-electron chi connectivity index (χ1n) is 6.35. The monoisotopic (exact) mass is 265 g/mol. The lowest BCUT2D eigenvalue weighted by atomic mass is 9.79. The van der Waals surface area contributed by atoms with Crippen molar-refractivity contribution in [2.24, 2.45) is 11.8 Å². The molecule has 4 atom stereocenters. The summed E-state index contributed by atoms with van der Waals surface area (Å²) in [4.78, 5) is 23.4. The molecule has 0 aromatic carbocycles. The molecule has 0 unspecified atom stereocenters. The van der Waals surface area contributed by atoms with E-state index in [9.17, 15) is 14.7 Å². The zero-order valence-electron chi connectivity index (χ0n) is 10.2. The van der Waals surface area contributed by atoms with E-state index in [-0.39, 0.29) is 24.7 Å². The summed E-state index contributed by atoms with van der Waals surface area (Å²) in [5.41, 5.74) is 0. The van der Waals surface area contributed by atoms with Crippen molar-refractivity contribution in [3.63, 3.8) is 0 Å². The maximum atomic E-state index is 12.1. The molecule has 0 saturated carbocycles. The Bertz CT molecular complexity index is 483. The largest absolute Gasteiger partial charge is 0.481 e. The van der Waals surface area contributed by atoms with Gasteiger partial charge in [0, 0.05) is 0 Å². The first-order chi connectivity index (χ1) is 9.16. The molecule has 2 saturated heterocycles. The van der Waals surface area contributed by atoms with Crippen LogP contribution in [0.3, 0.4) is 0 Å². The van der Waals surface area contributed by atoms with Gasteiger partial charge in [-0.1, -0.05) is 0 Å². The van der Waals surface area contributed by atoms with Crippen LogP contribution in [0.4, 0.5) is 0 Å². The summed E-state index contributed by atoms with van der Waals surface area (Å²) >= 11 is 0. The van der Waals surface area contributed by atoms with E-state index in [1.165, 1.54) is 6.26 Å². The summed E-state index contributed by atoms with van der Waals surface area (Å²) in [6, 6.07) is 3.49. The van der Waals surface area contributed by atoms with E-state index in [4.69, 9.17) is 9.15 Å². The molecule has 2 N–H and O–H groups in total. The van der Waals surface area contributed by atoms with E-state index in [0.717, 1.165) is 12.8 Å². The minimum atomic E-state index is -0.953. The molecule has 2 aliphatic rings. The second-order valence-corrected chi connectivity index (χ2v) is 4.98. The van der Waals surface area contributed by atoms with Crippen LogP contribution >= 0.6 is 0 Å². The SMILES string of the molecule is O=C(O)[C@@H]1[C@H](C(=O)NCc2ccco2)[C@@H]2CC[C@H]1O2. The molecular formula is C13H15NO5. The molecule has 2 fully saturated rings. The van der Waals surface area contributed by atoms with Crippen molar-refractivity contribution in [1.29, 1.82) is 0 Å². The Morgan fingerprint density at radius 2 is 2.05 bits per heavy atom. The molecule has 6 heteroatoms. The first-order valence-corrected chi connectivity index (χ1v) is 6.35. The van der Waals surface area contributed by atoms with Gasteiger partial charge in [-0.3, -0.25) is 9.59 Å². The van der Waals surface area contributed by atoms with Crippen LogP contribution in [0, 0.1) is 11.8 Å². The number of ether oxygens (including phenoxy) is 1. The standard InChI is InChI=1S/C13H15NO5/c15-12(14-6-7-2-1-5-18-7)10-8-3-4-9(19-8)11(10)13(16)17/h1-2,5,8-11H,3-4,6H2,(H,14,15)(H,16,17)/t8-,9+,10+,11-/m0/s1. The number of nitrogens with one attached hydrogen (secondary N) is 1. The smallest absolute Gasteiger partial charge is 0.310 e. The van der Waals surface area contributed by atoms with Gasteiger partial charge in [-0.25, -0.2) is 0 Å². The molecule has 0 aliphatic carbocycles. The van der Waals surface area contributed by atoms with Gasteiger partial charge in [0.1, 0.15) is 5.76 Å². The fourth-order valence-electron chi connectivity index (χ4n) is 3.03. The topological polar surface area (TPSA) is 88.8 Å². The average molecular weight is 265 g/mol. The Labute approximate surface area is 109 Å². The molecule has 0 spiro atoms. The summed E-state index contributed by atoms with van der Waals surface area (Å²) in [6.07, 6.45) is 2.43. The second-order valence-electron chi connectivity index (χ2n) is 4.98. The second kappa shape index (κ2) is 4.70. The van der Waals surface area contributed by atoms with Crippen LogP contribution in [0.15, 0.2) is 22.8 Å². The zero-order chi connectivity index (χ0) is 13.4. The average Bonchev–Trinajstić information content (AvgIpc) is 3.10. The molecule has 2 aliphatic heterocycles. The van der Waals surface area contributed by atoms with E-state index in [2.05, 4.69) is 5.32 Å². The van der Waals surface area contributed by atoms with Crippen LogP contribution in [-0.2, 0) is 20.9 Å². The minimum Gasteiger partial charge on any atom is -0.481 e. The lowest BCUT2D eigenvalue weighted by molar-refractivity contribution is -0.147. The van der Waals surface area contributed by atoms with Gasteiger partial charge >= 0.3 is 5.97 Å². The van der Waals surface area contributed by atoms with Gasteiger partial charge in [0.25, 0.3) is 0 Å². The van der Waals surface area contributed by atoms with Gasteiger partial charge in [0.2, 0.25) is 5.91 Å². The summed E-state index contributed by atoms with van der Waals surface area (Å²) in [5.74, 6) is -1.90. The number of furan rings is 1. The highest BCUT2D eigenvalue weighted by atomic mass is 16.5. The van der Waals surface area contributed by atoms with Crippen molar-refractivity contribution < 1.29 is 23.8 Å². The Hall–Kier alpha value is -1.82. The molecular weight excluding hydrogens is 250 g/mol. The Morgan fingerprint density at radius 3 is 2.68 bits per heavy atom. The third kappa shape index (κ3) is 2.12. The number of rotatable bonds is 4. The predicted octanol–water partition coefficient (Wildman–Crippen LogP) is 0.774. The van der Waals surface area contributed by atoms with Gasteiger partial charge in [-0.15, -0.1) is 0 Å². The molecule has 3 heterocycles. The molecule has 3 rings (SSSR count). The van der Waals surface area contributed by atoms with Crippen molar-refractivity contribution in [1.82, 2.24) is 5.32 Å². The minimum absolute atomic E-state index is 0.261. The summed E-state index contributed by atoms with van der Waals surface area (Å²) in [7, 11) is 0. The first kappa shape index (κ1) is 12.2. The number of carbonyl (C=O) groups excluding carboxylic acids is 1. The highest BCUT2D eigenvalue weighted by molar-refractivity contribution is 5.86. The van der Waals surface area contributed by atoms with Crippen LogP contribution in [0.5, 0.6) is 0 Å². The number of fused-ring (bicyclic) bond motifs is 2. The van der Waals surface area contributed by atoms with Crippen molar-refractivity contribution in [3.8, 4) is 0 Å². The Morgan fingerprint density at radius 1 is 1.32 bits per heavy atom. The third-order valence-electron chi connectivity index (χ3n) is 3.88. The number of hydrogen-bond donors (Lipinski definition) is 2. The maximum Gasteiger partial charge on any atom is 0.310 e. The number of aliphatic carboxylic acids is 1. The highest BCUT2D eigenvalue weighted by Crippen LogP contribution is 2.43. The van der Waals surface area contributed by atoms with Gasteiger partial charge in [-0.2, -0.15) is 0 Å². The van der Waals surface area contributed by atoms with Crippen molar-refractivity contribution in [3.05, 3.63) is 24.2 Å². The quantitative estimate of drug-likeness (QED) is 0.839. The lowest BCUT2D eigenvalue weighted by Crippen LogP contribution is -2.43. The van der Waals surface area contributed by atoms with E-state index in [1.54, 1.807) is 12.1 Å². The van der Waals surface area contributed by atoms with Crippen LogP contribution in [-0.4, -0.2) is 29.2 Å². The van der Waals surface area contributed by atoms with E-state index in [0.29, 0.717) is 5.76 Å². The molecule has 1 aromatic rings. The van der Waals surface area contributed by atoms with Crippen LogP contribution in [0.2, 0.25) is 0 Å². The van der Waals surface area contributed by atoms with Gasteiger partial charge in [0.05, 0.1) is 36.9 Å². The van der Waals surface area contributed by atoms with Gasteiger partial charge < -0.3 is 19.6 Å². The van der Waals surface area contributed by atoms with Gasteiger partial charge in [0.15, 0.2) is 0 Å². The molecule has 6 nitrogen and oxygen atoms in total. The highest BCUT2D eigenvalue weighted by Gasteiger charge is 2.55. The molecule has 0 radical (unpaired) electrons. The fourth-order valence-corrected chi connectivity index (χ4v) is 3.03. The zero-order valence-corrected chi connectivity index (χ0v) is 10.2. The van der Waals surface area contributed by atoms with Crippen molar-refractivity contribution >= 4 is 11.9 Å². The molecule has 1 aromatic heterocycles. The van der Waals surface area contributed by atoms with E-state index < -0.39 is 17.8 Å². The number of carbonyl (C=O) groups is 2. The molecule has 102 valence electrons. The predicted molar refractivity (Wildman–Crippen MR) is 63.1 cm³/mol. The summed E-state index contributed by atoms with van der Waals surface area (Å²) in [6.45, 7) is 0.270. The number of carboxylic acids is 1. The molecule has 1 amide bonds. The molecule has 2 bridgehead atoms. The third-order valence-corrected chi connectivity index (χ3v) is 3.88. The molecule has 19 heavy (non-hydrogen) atoms. The number of carboxylic acid groups (broad SMARTS) is 1. The summed E-state index contributed by atoms with van der Waals surface area (Å²) in [5, 5.41) is 11.9. The van der Waals surface area contributed by atoms with E-state index >= 15 is 0 Å². The van der Waals surface area contributed by atoms with Crippen LogP contribution in [0.25, 0.3) is 0 Å². The van der Waals surface area contributed by atoms with Crippen molar-refractivity contribution in [2.45, 2.75) is 31.6 Å².